The molecule has 1 aliphatic heterocycles. The molecule has 4 rings (SSSR count). The highest BCUT2D eigenvalue weighted by atomic mass is 16.3. The summed E-state index contributed by atoms with van der Waals surface area (Å²) in [4.78, 5) is 10.7. The van der Waals surface area contributed by atoms with E-state index in [1.165, 1.54) is 0 Å². The summed E-state index contributed by atoms with van der Waals surface area (Å²) in [5.41, 5.74) is 7.84. The maximum atomic E-state index is 8.95. The highest BCUT2D eigenvalue weighted by Crippen LogP contribution is 2.28. The number of hydrogen-bond donors (Lipinski definition) is 3. The fraction of sp³-hybridized carbons (Fsp3) is 0.412. The number of fused-ring (bicyclic) bond motifs is 1. The van der Waals surface area contributed by atoms with Crippen LogP contribution in [0.4, 0.5) is 17.6 Å². The van der Waals surface area contributed by atoms with Crippen LogP contribution in [0.15, 0.2) is 30.3 Å². The van der Waals surface area contributed by atoms with Crippen molar-refractivity contribution in [3.63, 3.8) is 0 Å². The molecule has 26 heavy (non-hydrogen) atoms. The number of aliphatic hydroxyl groups excluding tert-OH is 1. The number of aliphatic hydroxyl groups is 1. The summed E-state index contributed by atoms with van der Waals surface area (Å²) in [6.45, 7) is 2.18. The van der Waals surface area contributed by atoms with Gasteiger partial charge in [0.25, 0.3) is 0 Å². The topological polar surface area (TPSA) is 118 Å². The Hall–Kier alpha value is -2.94. The van der Waals surface area contributed by atoms with E-state index < -0.39 is 0 Å². The van der Waals surface area contributed by atoms with Crippen molar-refractivity contribution in [2.45, 2.75) is 18.9 Å². The van der Waals surface area contributed by atoms with Crippen LogP contribution in [0.2, 0.25) is 0 Å². The predicted molar refractivity (Wildman–Crippen MR) is 100 cm³/mol. The smallest absolute Gasteiger partial charge is 0.223 e. The minimum absolute atomic E-state index is 0.0382. The Bertz CT molecular complexity index is 887. The minimum atomic E-state index is 0.0382. The molecule has 0 aliphatic carbocycles. The van der Waals surface area contributed by atoms with Gasteiger partial charge in [-0.3, -0.25) is 0 Å². The van der Waals surface area contributed by atoms with E-state index in [9.17, 15) is 0 Å². The van der Waals surface area contributed by atoms with Gasteiger partial charge in [0.15, 0.2) is 0 Å². The van der Waals surface area contributed by atoms with Crippen molar-refractivity contribution in [1.82, 2.24) is 25.0 Å². The molecule has 1 aliphatic rings. The third-order valence-electron chi connectivity index (χ3n) is 4.66. The predicted octanol–water partition coefficient (Wildman–Crippen LogP) is 1.05. The van der Waals surface area contributed by atoms with E-state index in [1.54, 1.807) is 0 Å². The molecule has 0 unspecified atom stereocenters. The molecule has 0 radical (unpaired) electrons. The zero-order valence-electron chi connectivity index (χ0n) is 14.4. The lowest BCUT2D eigenvalue weighted by Gasteiger charge is -2.33. The molecule has 0 spiro atoms. The van der Waals surface area contributed by atoms with Gasteiger partial charge in [0.1, 0.15) is 17.2 Å². The molecular weight excluding hydrogens is 332 g/mol. The summed E-state index contributed by atoms with van der Waals surface area (Å²) in [6, 6.07) is 10.2. The standard InChI is InChI=1S/C17H22N8O/c18-17-20-15(19-7-10-26)11-16(21-17)24-8-5-12(6-9-24)25-14-4-2-1-3-13(14)22-23-25/h1-4,11-12,26H,5-10H2,(H3,18,19,20,21). The summed E-state index contributed by atoms with van der Waals surface area (Å²) in [5, 5.41) is 20.6. The number of hydrogen-bond acceptors (Lipinski definition) is 8. The van der Waals surface area contributed by atoms with Crippen LogP contribution >= 0.6 is 0 Å². The number of anilines is 3. The Labute approximate surface area is 150 Å². The van der Waals surface area contributed by atoms with Crippen molar-refractivity contribution in [3.8, 4) is 0 Å². The average Bonchev–Trinajstić information content (AvgIpc) is 3.10. The van der Waals surface area contributed by atoms with Gasteiger partial charge >= 0.3 is 0 Å². The van der Waals surface area contributed by atoms with E-state index >= 15 is 0 Å². The second-order valence-electron chi connectivity index (χ2n) is 6.36. The fourth-order valence-electron chi connectivity index (χ4n) is 3.39. The first-order valence-electron chi connectivity index (χ1n) is 8.79. The number of aromatic nitrogens is 5. The van der Waals surface area contributed by atoms with Gasteiger partial charge in [0.2, 0.25) is 5.95 Å². The number of piperidine rings is 1. The van der Waals surface area contributed by atoms with Crippen molar-refractivity contribution in [2.75, 3.05) is 42.2 Å². The molecule has 3 heterocycles. The van der Waals surface area contributed by atoms with E-state index in [0.717, 1.165) is 42.8 Å². The Morgan fingerprint density at radius 3 is 2.81 bits per heavy atom. The summed E-state index contributed by atoms with van der Waals surface area (Å²) in [6.07, 6.45) is 1.91. The van der Waals surface area contributed by atoms with Gasteiger partial charge in [-0.15, -0.1) is 5.10 Å². The summed E-state index contributed by atoms with van der Waals surface area (Å²) < 4.78 is 2.04. The maximum absolute atomic E-state index is 8.95. The molecule has 4 N–H and O–H groups in total. The van der Waals surface area contributed by atoms with Crippen LogP contribution in [0.25, 0.3) is 11.0 Å². The highest BCUT2D eigenvalue weighted by molar-refractivity contribution is 5.74. The second kappa shape index (κ2) is 7.12. The first-order valence-corrected chi connectivity index (χ1v) is 8.79. The molecule has 0 saturated carbocycles. The molecule has 136 valence electrons. The Morgan fingerprint density at radius 1 is 1.19 bits per heavy atom. The molecule has 2 aromatic heterocycles. The lowest BCUT2D eigenvalue weighted by molar-refractivity contribution is 0.311. The molecular formula is C17H22N8O. The van der Waals surface area contributed by atoms with Crippen molar-refractivity contribution >= 4 is 28.6 Å². The molecule has 1 fully saturated rings. The number of para-hydroxylation sites is 1. The van der Waals surface area contributed by atoms with Crippen LogP contribution in [-0.4, -0.2) is 56.3 Å². The SMILES string of the molecule is Nc1nc(NCCO)cc(N2CCC(n3nnc4ccccc43)CC2)n1. The third kappa shape index (κ3) is 3.25. The van der Waals surface area contributed by atoms with Crippen LogP contribution in [0.1, 0.15) is 18.9 Å². The van der Waals surface area contributed by atoms with Gasteiger partial charge in [-0.05, 0) is 25.0 Å². The van der Waals surface area contributed by atoms with E-state index in [-0.39, 0.29) is 12.6 Å². The second-order valence-corrected chi connectivity index (χ2v) is 6.36. The number of nitrogens with one attached hydrogen (secondary N) is 1. The fourth-order valence-corrected chi connectivity index (χ4v) is 3.39. The first-order chi connectivity index (χ1) is 12.7. The first kappa shape index (κ1) is 16.5. The molecule has 9 heteroatoms. The number of nitrogens with zero attached hydrogens (tertiary/aromatic N) is 6. The summed E-state index contributed by atoms with van der Waals surface area (Å²) >= 11 is 0. The van der Waals surface area contributed by atoms with E-state index in [0.29, 0.717) is 18.4 Å². The third-order valence-corrected chi connectivity index (χ3v) is 4.66. The number of nitrogen functional groups attached to an aromatic ring is 1. The average molecular weight is 354 g/mol. The molecule has 0 atom stereocenters. The lowest BCUT2D eigenvalue weighted by atomic mass is 10.0. The number of nitrogens with two attached hydrogens (primary N) is 1. The quantitative estimate of drug-likeness (QED) is 0.622. The normalized spacial score (nSPS) is 15.5. The lowest BCUT2D eigenvalue weighted by Crippen LogP contribution is -2.35. The molecule has 1 saturated heterocycles. The van der Waals surface area contributed by atoms with Gasteiger partial charge in [-0.2, -0.15) is 9.97 Å². The van der Waals surface area contributed by atoms with Crippen LogP contribution in [0.3, 0.4) is 0 Å². The van der Waals surface area contributed by atoms with E-state index in [1.807, 2.05) is 28.9 Å². The van der Waals surface area contributed by atoms with Gasteiger partial charge in [0.05, 0.1) is 18.2 Å². The van der Waals surface area contributed by atoms with Gasteiger partial charge < -0.3 is 21.1 Å². The maximum Gasteiger partial charge on any atom is 0.223 e. The van der Waals surface area contributed by atoms with Crippen LogP contribution in [0.5, 0.6) is 0 Å². The highest BCUT2D eigenvalue weighted by Gasteiger charge is 2.24. The van der Waals surface area contributed by atoms with Crippen LogP contribution < -0.4 is 16.0 Å². The number of benzene rings is 1. The van der Waals surface area contributed by atoms with Gasteiger partial charge in [-0.25, -0.2) is 4.68 Å². The Morgan fingerprint density at radius 2 is 2.00 bits per heavy atom. The van der Waals surface area contributed by atoms with Crippen molar-refractivity contribution in [3.05, 3.63) is 30.3 Å². The van der Waals surface area contributed by atoms with Crippen LogP contribution in [0, 0.1) is 0 Å². The monoisotopic (exact) mass is 354 g/mol. The summed E-state index contributed by atoms with van der Waals surface area (Å²) in [7, 11) is 0. The zero-order valence-corrected chi connectivity index (χ0v) is 14.4. The minimum Gasteiger partial charge on any atom is -0.395 e. The van der Waals surface area contributed by atoms with Gasteiger partial charge in [-0.1, -0.05) is 17.3 Å². The molecule has 9 nitrogen and oxygen atoms in total. The molecule has 0 amide bonds. The van der Waals surface area contributed by atoms with Crippen LogP contribution in [-0.2, 0) is 0 Å². The number of rotatable bonds is 5. The van der Waals surface area contributed by atoms with Gasteiger partial charge in [0, 0.05) is 25.7 Å². The zero-order chi connectivity index (χ0) is 17.9. The van der Waals surface area contributed by atoms with E-state index in [2.05, 4.69) is 36.6 Å². The van der Waals surface area contributed by atoms with Crippen molar-refractivity contribution in [1.29, 1.82) is 0 Å². The molecule has 3 aromatic rings. The molecule has 0 bridgehead atoms. The summed E-state index contributed by atoms with van der Waals surface area (Å²) in [5.74, 6) is 1.66. The van der Waals surface area contributed by atoms with Crippen molar-refractivity contribution < 1.29 is 5.11 Å². The Balaban J connectivity index is 1.47. The van der Waals surface area contributed by atoms with E-state index in [4.69, 9.17) is 10.8 Å². The largest absolute Gasteiger partial charge is 0.395 e. The Kier molecular flexibility index (Phi) is 4.53. The molecule has 1 aromatic carbocycles. The van der Waals surface area contributed by atoms with Crippen molar-refractivity contribution in [2.24, 2.45) is 0 Å².